The van der Waals surface area contributed by atoms with Crippen LogP contribution in [0.25, 0.3) is 0 Å². The number of halogens is 3. The lowest BCUT2D eigenvalue weighted by Crippen LogP contribution is -2.40. The van der Waals surface area contributed by atoms with Crippen molar-refractivity contribution in [2.24, 2.45) is 0 Å². The molecular weight excluding hydrogens is 283 g/mol. The number of alkyl halides is 3. The van der Waals surface area contributed by atoms with Crippen LogP contribution in [0.1, 0.15) is 37.7 Å². The number of nitrogens with zero attached hydrogens (tertiary/aromatic N) is 1. The molecule has 1 aromatic rings. The van der Waals surface area contributed by atoms with E-state index in [-0.39, 0.29) is 18.2 Å². The van der Waals surface area contributed by atoms with Gasteiger partial charge in [0.05, 0.1) is 5.56 Å². The topological polar surface area (TPSA) is 40.5 Å². The van der Waals surface area contributed by atoms with E-state index in [0.29, 0.717) is 13.0 Å². The van der Waals surface area contributed by atoms with Crippen molar-refractivity contribution in [3.63, 3.8) is 0 Å². The molecule has 6 heteroatoms. The lowest BCUT2D eigenvalue weighted by Gasteiger charge is -2.38. The van der Waals surface area contributed by atoms with Crippen LogP contribution in [0.4, 0.5) is 18.9 Å². The Morgan fingerprint density at radius 3 is 2.67 bits per heavy atom. The quantitative estimate of drug-likeness (QED) is 0.916. The second-order valence-electron chi connectivity index (χ2n) is 5.29. The smallest absolute Gasteiger partial charge is 0.418 e. The van der Waals surface area contributed by atoms with E-state index in [9.17, 15) is 18.0 Å². The van der Waals surface area contributed by atoms with Crippen molar-refractivity contribution in [3.8, 4) is 0 Å². The number of carboxylic acids is 1. The number of aliphatic carboxylic acids is 1. The average molecular weight is 301 g/mol. The molecule has 1 atom stereocenters. The largest absolute Gasteiger partial charge is 0.481 e. The Hall–Kier alpha value is -1.72. The van der Waals surface area contributed by atoms with Crippen LogP contribution in [-0.4, -0.2) is 23.7 Å². The molecule has 116 valence electrons. The summed E-state index contributed by atoms with van der Waals surface area (Å²) in [6, 6.07) is 5.38. The van der Waals surface area contributed by atoms with E-state index in [1.165, 1.54) is 12.1 Å². The molecule has 1 saturated heterocycles. The van der Waals surface area contributed by atoms with Crippen molar-refractivity contribution in [3.05, 3.63) is 29.8 Å². The van der Waals surface area contributed by atoms with Crippen molar-refractivity contribution >= 4 is 11.7 Å². The summed E-state index contributed by atoms with van der Waals surface area (Å²) in [6.07, 6.45) is -1.55. The highest BCUT2D eigenvalue weighted by atomic mass is 19.4. The summed E-state index contributed by atoms with van der Waals surface area (Å²) in [5, 5.41) is 8.79. The summed E-state index contributed by atoms with van der Waals surface area (Å²) in [4.78, 5) is 12.4. The number of anilines is 1. The van der Waals surface area contributed by atoms with Gasteiger partial charge in [-0.25, -0.2) is 0 Å². The van der Waals surface area contributed by atoms with Gasteiger partial charge in [-0.05, 0) is 37.8 Å². The maximum absolute atomic E-state index is 13.1. The van der Waals surface area contributed by atoms with Crippen molar-refractivity contribution in [2.75, 3.05) is 11.4 Å². The first-order valence-electron chi connectivity index (χ1n) is 7.04. The van der Waals surface area contributed by atoms with E-state index >= 15 is 0 Å². The van der Waals surface area contributed by atoms with Crippen LogP contribution in [0, 0.1) is 0 Å². The molecule has 3 nitrogen and oxygen atoms in total. The Balaban J connectivity index is 2.27. The zero-order chi connectivity index (χ0) is 15.5. The Morgan fingerprint density at radius 1 is 1.29 bits per heavy atom. The van der Waals surface area contributed by atoms with E-state index in [4.69, 9.17) is 5.11 Å². The summed E-state index contributed by atoms with van der Waals surface area (Å²) < 4.78 is 39.4. The first-order valence-corrected chi connectivity index (χ1v) is 7.04. The van der Waals surface area contributed by atoms with E-state index < -0.39 is 17.7 Å². The molecule has 0 aliphatic carbocycles. The molecule has 0 amide bonds. The number of rotatable bonds is 4. The first kappa shape index (κ1) is 15.7. The Bertz CT molecular complexity index is 502. The predicted octanol–water partition coefficient (Wildman–Crippen LogP) is 3.93. The minimum absolute atomic E-state index is 0.0185. The Kier molecular flexibility index (Phi) is 4.75. The number of benzene rings is 1. The third-order valence-electron chi connectivity index (χ3n) is 3.84. The molecule has 1 N–H and O–H groups in total. The monoisotopic (exact) mass is 301 g/mol. The van der Waals surface area contributed by atoms with Crippen LogP contribution in [0.2, 0.25) is 0 Å². The fourth-order valence-electron chi connectivity index (χ4n) is 2.87. The first-order chi connectivity index (χ1) is 9.89. The van der Waals surface area contributed by atoms with E-state index in [2.05, 4.69) is 0 Å². The molecule has 0 aromatic heterocycles. The molecule has 0 saturated carbocycles. The van der Waals surface area contributed by atoms with Crippen LogP contribution in [0.3, 0.4) is 0 Å². The highest BCUT2D eigenvalue weighted by molar-refractivity contribution is 5.67. The van der Waals surface area contributed by atoms with Crippen molar-refractivity contribution in [1.82, 2.24) is 0 Å². The fourth-order valence-corrected chi connectivity index (χ4v) is 2.87. The fraction of sp³-hybridized carbons (Fsp3) is 0.533. The molecule has 0 bridgehead atoms. The van der Waals surface area contributed by atoms with Gasteiger partial charge in [0, 0.05) is 24.7 Å². The highest BCUT2D eigenvalue weighted by Gasteiger charge is 2.36. The summed E-state index contributed by atoms with van der Waals surface area (Å²) in [5.74, 6) is -0.912. The SMILES string of the molecule is O=C(O)CCC1CCCCN1c1ccccc1C(F)(F)F. The van der Waals surface area contributed by atoms with Crippen LogP contribution in [0.5, 0.6) is 0 Å². The number of hydrogen-bond acceptors (Lipinski definition) is 2. The van der Waals surface area contributed by atoms with E-state index in [0.717, 1.165) is 25.3 Å². The number of piperidine rings is 1. The van der Waals surface area contributed by atoms with Crippen molar-refractivity contribution in [2.45, 2.75) is 44.3 Å². The van der Waals surface area contributed by atoms with Gasteiger partial charge in [0.1, 0.15) is 0 Å². The zero-order valence-electron chi connectivity index (χ0n) is 11.6. The maximum atomic E-state index is 13.1. The Labute approximate surface area is 121 Å². The molecule has 1 aliphatic heterocycles. The summed E-state index contributed by atoms with van der Waals surface area (Å²) >= 11 is 0. The van der Waals surface area contributed by atoms with Crippen LogP contribution in [-0.2, 0) is 11.0 Å². The highest BCUT2D eigenvalue weighted by Crippen LogP contribution is 2.39. The zero-order valence-corrected chi connectivity index (χ0v) is 11.6. The minimum Gasteiger partial charge on any atom is -0.481 e. The molecule has 1 aromatic carbocycles. The molecule has 2 rings (SSSR count). The standard InChI is InChI=1S/C15H18F3NO2/c16-15(17,18)12-6-1-2-7-13(12)19-10-4-3-5-11(19)8-9-14(20)21/h1-2,6-7,11H,3-5,8-10H2,(H,20,21). The Morgan fingerprint density at radius 2 is 2.00 bits per heavy atom. The third-order valence-corrected chi connectivity index (χ3v) is 3.84. The average Bonchev–Trinajstić information content (AvgIpc) is 2.44. The molecule has 1 aliphatic rings. The molecule has 0 radical (unpaired) electrons. The van der Waals surface area contributed by atoms with Gasteiger partial charge in [-0.3, -0.25) is 4.79 Å². The third kappa shape index (κ3) is 3.89. The van der Waals surface area contributed by atoms with Gasteiger partial charge in [-0.1, -0.05) is 12.1 Å². The lowest BCUT2D eigenvalue weighted by atomic mass is 9.96. The predicted molar refractivity (Wildman–Crippen MR) is 73.3 cm³/mol. The lowest BCUT2D eigenvalue weighted by molar-refractivity contribution is -0.138. The summed E-state index contributed by atoms with van der Waals surface area (Å²) in [6.45, 7) is 0.539. The summed E-state index contributed by atoms with van der Waals surface area (Å²) in [5.41, 5.74) is -0.479. The van der Waals surface area contributed by atoms with E-state index in [1.807, 2.05) is 0 Å². The van der Waals surface area contributed by atoms with Crippen molar-refractivity contribution < 1.29 is 23.1 Å². The van der Waals surface area contributed by atoms with Crippen LogP contribution >= 0.6 is 0 Å². The number of para-hydroxylation sites is 1. The number of carboxylic acid groups (broad SMARTS) is 1. The van der Waals surface area contributed by atoms with Crippen molar-refractivity contribution in [1.29, 1.82) is 0 Å². The molecule has 0 spiro atoms. The molecule has 1 unspecified atom stereocenters. The van der Waals surface area contributed by atoms with Gasteiger partial charge in [-0.2, -0.15) is 13.2 Å². The number of carbonyl (C=O) groups is 1. The maximum Gasteiger partial charge on any atom is 0.418 e. The molecular formula is C15H18F3NO2. The van der Waals surface area contributed by atoms with Crippen LogP contribution < -0.4 is 4.90 Å². The molecule has 1 fully saturated rings. The second kappa shape index (κ2) is 6.37. The van der Waals surface area contributed by atoms with Gasteiger partial charge >= 0.3 is 12.1 Å². The number of hydrogen-bond donors (Lipinski definition) is 1. The van der Waals surface area contributed by atoms with Gasteiger partial charge in [-0.15, -0.1) is 0 Å². The van der Waals surface area contributed by atoms with Gasteiger partial charge in [0.2, 0.25) is 0 Å². The van der Waals surface area contributed by atoms with Crippen LogP contribution in [0.15, 0.2) is 24.3 Å². The van der Waals surface area contributed by atoms with Gasteiger partial charge in [0.15, 0.2) is 0 Å². The normalized spacial score (nSPS) is 19.6. The molecule has 1 heterocycles. The van der Waals surface area contributed by atoms with Gasteiger partial charge < -0.3 is 10.0 Å². The minimum atomic E-state index is -4.40. The van der Waals surface area contributed by atoms with E-state index in [1.54, 1.807) is 11.0 Å². The molecule has 21 heavy (non-hydrogen) atoms. The van der Waals surface area contributed by atoms with Gasteiger partial charge in [0.25, 0.3) is 0 Å². The summed E-state index contributed by atoms with van der Waals surface area (Å²) in [7, 11) is 0. The second-order valence-corrected chi connectivity index (χ2v) is 5.29.